The van der Waals surface area contributed by atoms with E-state index in [0.29, 0.717) is 11.4 Å². The van der Waals surface area contributed by atoms with Crippen LogP contribution in [0, 0.1) is 0 Å². The Morgan fingerprint density at radius 3 is 2.72 bits per heavy atom. The number of imidazole rings is 1. The Kier molecular flexibility index (Phi) is 3.22. The summed E-state index contributed by atoms with van der Waals surface area (Å²) in [7, 11) is 0. The average molecular weight is 350 g/mol. The van der Waals surface area contributed by atoms with Crippen molar-refractivity contribution in [1.82, 2.24) is 9.55 Å². The van der Waals surface area contributed by atoms with Gasteiger partial charge in [-0.15, -0.1) is 0 Å². The number of allylic oxidation sites excluding steroid dienone is 2. The number of hydrogen-bond acceptors (Lipinski definition) is 3. The number of para-hydroxylation sites is 2. The zero-order valence-corrected chi connectivity index (χ0v) is 14.3. The topological polar surface area (TPSA) is 46.9 Å². The normalized spacial score (nSPS) is 19.6. The summed E-state index contributed by atoms with van der Waals surface area (Å²) in [5, 5.41) is 4.11. The maximum atomic E-state index is 12.8. The van der Waals surface area contributed by atoms with Crippen molar-refractivity contribution in [2.75, 3.05) is 5.32 Å². The molecule has 5 heteroatoms. The Hall–Kier alpha value is -2.59. The van der Waals surface area contributed by atoms with Gasteiger partial charge in [-0.25, -0.2) is 4.98 Å². The van der Waals surface area contributed by atoms with Gasteiger partial charge in [-0.1, -0.05) is 35.9 Å². The quantitative estimate of drug-likeness (QED) is 0.692. The van der Waals surface area contributed by atoms with E-state index in [-0.39, 0.29) is 11.8 Å². The molecule has 0 bridgehead atoms. The second kappa shape index (κ2) is 5.46. The predicted octanol–water partition coefficient (Wildman–Crippen LogP) is 4.71. The van der Waals surface area contributed by atoms with Crippen LogP contribution in [0.25, 0.3) is 11.0 Å². The molecule has 0 unspecified atom stereocenters. The summed E-state index contributed by atoms with van der Waals surface area (Å²) in [6.07, 6.45) is 2.37. The summed E-state index contributed by atoms with van der Waals surface area (Å²) >= 11 is 6.08. The van der Waals surface area contributed by atoms with Crippen LogP contribution in [0.1, 0.15) is 30.9 Å². The van der Waals surface area contributed by atoms with Crippen molar-refractivity contribution in [3.8, 4) is 0 Å². The number of fused-ring (bicyclic) bond motifs is 3. The minimum Gasteiger partial charge on any atom is -0.329 e. The molecule has 1 aromatic heterocycles. The fourth-order valence-electron chi connectivity index (χ4n) is 3.93. The van der Waals surface area contributed by atoms with Crippen LogP contribution >= 0.6 is 11.6 Å². The van der Waals surface area contributed by atoms with Crippen LogP contribution in [0.4, 0.5) is 5.95 Å². The van der Waals surface area contributed by atoms with Crippen LogP contribution in [0.5, 0.6) is 0 Å². The van der Waals surface area contributed by atoms with Gasteiger partial charge >= 0.3 is 0 Å². The molecule has 0 amide bonds. The minimum atomic E-state index is -0.163. The van der Waals surface area contributed by atoms with Crippen LogP contribution in [-0.4, -0.2) is 15.3 Å². The summed E-state index contributed by atoms with van der Waals surface area (Å²) < 4.78 is 2.14. The number of carbonyl (C=O) groups is 1. The van der Waals surface area contributed by atoms with E-state index in [1.807, 2.05) is 42.5 Å². The fraction of sp³-hybridized carbons (Fsp3) is 0.200. The molecule has 0 saturated carbocycles. The summed E-state index contributed by atoms with van der Waals surface area (Å²) in [5.74, 6) is 1.02. The number of hydrogen-bond donors (Lipinski definition) is 1. The molecule has 5 rings (SSSR count). The highest BCUT2D eigenvalue weighted by atomic mass is 35.5. The molecule has 1 N–H and O–H groups in total. The molecule has 25 heavy (non-hydrogen) atoms. The highest BCUT2D eigenvalue weighted by Crippen LogP contribution is 2.42. The Balaban J connectivity index is 1.81. The molecule has 2 aromatic carbocycles. The maximum Gasteiger partial charge on any atom is 0.209 e. The van der Waals surface area contributed by atoms with E-state index in [1.165, 1.54) is 0 Å². The number of ketones is 1. The Bertz CT molecular complexity index is 1030. The number of rotatable bonds is 1. The molecule has 2 aliphatic rings. The molecule has 1 aliphatic heterocycles. The van der Waals surface area contributed by atoms with Crippen molar-refractivity contribution >= 4 is 34.4 Å². The highest BCUT2D eigenvalue weighted by Gasteiger charge is 2.36. The molecular weight excluding hydrogens is 334 g/mol. The van der Waals surface area contributed by atoms with Crippen LogP contribution in [-0.2, 0) is 4.79 Å². The maximum absolute atomic E-state index is 12.8. The van der Waals surface area contributed by atoms with Gasteiger partial charge in [0.2, 0.25) is 5.95 Å². The first kappa shape index (κ1) is 14.7. The second-order valence-corrected chi connectivity index (χ2v) is 6.98. The molecule has 0 spiro atoms. The highest BCUT2D eigenvalue weighted by molar-refractivity contribution is 6.30. The van der Waals surface area contributed by atoms with E-state index in [9.17, 15) is 4.79 Å². The van der Waals surface area contributed by atoms with Gasteiger partial charge in [0.15, 0.2) is 5.78 Å². The third-order valence-corrected chi connectivity index (χ3v) is 5.28. The molecule has 124 valence electrons. The van der Waals surface area contributed by atoms with Crippen molar-refractivity contribution in [3.05, 3.63) is 70.4 Å². The fourth-order valence-corrected chi connectivity index (χ4v) is 4.06. The number of nitrogens with one attached hydrogen (secondary N) is 1. The van der Waals surface area contributed by atoms with Gasteiger partial charge in [0.1, 0.15) is 0 Å². The van der Waals surface area contributed by atoms with Crippen LogP contribution in [0.15, 0.2) is 59.8 Å². The van der Waals surface area contributed by atoms with Crippen LogP contribution < -0.4 is 5.32 Å². The third kappa shape index (κ3) is 2.21. The lowest BCUT2D eigenvalue weighted by atomic mass is 9.85. The summed E-state index contributed by atoms with van der Waals surface area (Å²) in [4.78, 5) is 17.5. The minimum absolute atomic E-state index is 0.163. The number of halogens is 1. The molecule has 2 heterocycles. The monoisotopic (exact) mass is 349 g/mol. The number of benzene rings is 2. The van der Waals surface area contributed by atoms with Gasteiger partial charge in [0, 0.05) is 22.7 Å². The second-order valence-electron chi connectivity index (χ2n) is 6.54. The van der Waals surface area contributed by atoms with Crippen LogP contribution in [0.2, 0.25) is 5.02 Å². The first-order valence-corrected chi connectivity index (χ1v) is 8.86. The smallest absolute Gasteiger partial charge is 0.209 e. The molecule has 0 saturated heterocycles. The van der Waals surface area contributed by atoms with Gasteiger partial charge in [-0.3, -0.25) is 9.36 Å². The van der Waals surface area contributed by atoms with Crippen molar-refractivity contribution in [2.24, 2.45) is 0 Å². The lowest BCUT2D eigenvalue weighted by molar-refractivity contribution is -0.116. The Morgan fingerprint density at radius 1 is 1.08 bits per heavy atom. The Morgan fingerprint density at radius 2 is 1.88 bits per heavy atom. The first-order chi connectivity index (χ1) is 12.2. The van der Waals surface area contributed by atoms with Crippen molar-refractivity contribution < 1.29 is 4.79 Å². The van der Waals surface area contributed by atoms with Crippen molar-refractivity contribution in [1.29, 1.82) is 0 Å². The number of carbonyl (C=O) groups excluding carboxylic acids is 1. The summed E-state index contributed by atoms with van der Waals surface area (Å²) in [6.45, 7) is 0. The standard InChI is InChI=1S/C20H16ClN3O/c21-13-10-8-12(9-11-13)19-18-15(5-3-7-17(18)25)23-20-22-14-4-1-2-6-16(14)24(19)20/h1-2,4,6,8-11,19H,3,5,7H2,(H,22,23)/t19-/m0/s1. The van der Waals surface area contributed by atoms with Crippen LogP contribution in [0.3, 0.4) is 0 Å². The zero-order chi connectivity index (χ0) is 17.0. The van der Waals surface area contributed by atoms with E-state index in [2.05, 4.69) is 16.0 Å². The molecular formula is C20H16ClN3O. The predicted molar refractivity (Wildman–Crippen MR) is 98.8 cm³/mol. The van der Waals surface area contributed by atoms with Crippen molar-refractivity contribution in [3.63, 3.8) is 0 Å². The molecule has 0 fully saturated rings. The average Bonchev–Trinajstić information content (AvgIpc) is 2.99. The van der Waals surface area contributed by atoms with Gasteiger partial charge in [-0.2, -0.15) is 0 Å². The van der Waals surface area contributed by atoms with E-state index < -0.39 is 0 Å². The molecule has 4 nitrogen and oxygen atoms in total. The van der Waals surface area contributed by atoms with E-state index >= 15 is 0 Å². The first-order valence-electron chi connectivity index (χ1n) is 8.48. The number of aromatic nitrogens is 2. The summed E-state index contributed by atoms with van der Waals surface area (Å²) in [5.41, 5.74) is 4.88. The summed E-state index contributed by atoms with van der Waals surface area (Å²) in [6, 6.07) is 15.6. The van der Waals surface area contributed by atoms with Crippen molar-refractivity contribution in [2.45, 2.75) is 25.3 Å². The van der Waals surface area contributed by atoms with E-state index in [0.717, 1.165) is 46.7 Å². The zero-order valence-electron chi connectivity index (χ0n) is 13.5. The lowest BCUT2D eigenvalue weighted by Crippen LogP contribution is -2.30. The molecule has 1 atom stereocenters. The molecule has 1 aliphatic carbocycles. The van der Waals surface area contributed by atoms with E-state index in [1.54, 1.807) is 0 Å². The Labute approximate surface area is 150 Å². The van der Waals surface area contributed by atoms with Gasteiger partial charge in [-0.05, 0) is 42.7 Å². The number of anilines is 1. The molecule has 3 aromatic rings. The lowest BCUT2D eigenvalue weighted by Gasteiger charge is -2.33. The van der Waals surface area contributed by atoms with Gasteiger partial charge in [0.05, 0.1) is 17.1 Å². The molecule has 0 radical (unpaired) electrons. The number of nitrogens with zero attached hydrogens (tertiary/aromatic N) is 2. The van der Waals surface area contributed by atoms with E-state index in [4.69, 9.17) is 16.6 Å². The SMILES string of the molecule is O=C1CCCC2=C1[C@H](c1ccc(Cl)cc1)n1c(nc3ccccc31)N2. The third-order valence-electron chi connectivity index (χ3n) is 5.03. The van der Waals surface area contributed by atoms with Gasteiger partial charge in [0.25, 0.3) is 0 Å². The van der Waals surface area contributed by atoms with Gasteiger partial charge < -0.3 is 5.32 Å². The largest absolute Gasteiger partial charge is 0.329 e. The number of Topliss-reactive ketones (excluding diaryl/α,β-unsaturated/α-hetero) is 1.